The summed E-state index contributed by atoms with van der Waals surface area (Å²) in [4.78, 5) is 16.7. The predicted octanol–water partition coefficient (Wildman–Crippen LogP) is 4.39. The van der Waals surface area contributed by atoms with E-state index < -0.39 is 0 Å². The van der Waals surface area contributed by atoms with E-state index in [4.69, 9.17) is 0 Å². The quantitative estimate of drug-likeness (QED) is 0.780. The third-order valence-corrected chi connectivity index (χ3v) is 7.47. The van der Waals surface area contributed by atoms with Crippen molar-refractivity contribution < 1.29 is 4.79 Å². The number of aryl methyl sites for hydroxylation is 2. The first-order valence-corrected chi connectivity index (χ1v) is 11.1. The number of rotatable bonds is 4. The number of thiophene rings is 1. The molecule has 5 nitrogen and oxygen atoms in total. The number of hydrogen-bond donors (Lipinski definition) is 1. The zero-order valence-corrected chi connectivity index (χ0v) is 17.5. The molecule has 2 aromatic rings. The van der Waals surface area contributed by atoms with Gasteiger partial charge in [-0.3, -0.25) is 9.69 Å². The first kappa shape index (κ1) is 19.2. The van der Waals surface area contributed by atoms with Gasteiger partial charge < -0.3 is 9.88 Å². The Balaban J connectivity index is 1.52. The summed E-state index contributed by atoms with van der Waals surface area (Å²) in [7, 11) is 2.06. The van der Waals surface area contributed by atoms with Crippen molar-refractivity contribution in [3.63, 3.8) is 0 Å². The lowest BCUT2D eigenvalue weighted by molar-refractivity contribution is -0.121. The Kier molecular flexibility index (Phi) is 5.56. The van der Waals surface area contributed by atoms with Crippen molar-refractivity contribution in [3.05, 3.63) is 40.0 Å². The molecule has 0 spiro atoms. The fourth-order valence-electron chi connectivity index (χ4n) is 4.71. The highest BCUT2D eigenvalue weighted by Crippen LogP contribution is 2.38. The summed E-state index contributed by atoms with van der Waals surface area (Å²) in [5.74, 6) is -0.00554. The monoisotopic (exact) mass is 396 g/mol. The first-order chi connectivity index (χ1) is 13.6. The molecule has 0 bridgehead atoms. The molecule has 0 aromatic carbocycles. The van der Waals surface area contributed by atoms with E-state index in [1.165, 1.54) is 29.0 Å². The Morgan fingerprint density at radius 3 is 2.89 bits per heavy atom. The number of carbonyl (C=O) groups is 1. The smallest absolute Gasteiger partial charge is 0.242 e. The Hall–Kier alpha value is -2.10. The summed E-state index contributed by atoms with van der Waals surface area (Å²) in [6.07, 6.45) is 9.76. The largest absolute Gasteiger partial charge is 0.353 e. The zero-order chi connectivity index (χ0) is 19.7. The molecule has 2 atom stereocenters. The highest BCUT2D eigenvalue weighted by Gasteiger charge is 2.34. The second kappa shape index (κ2) is 8.10. The molecule has 28 heavy (non-hydrogen) atoms. The van der Waals surface area contributed by atoms with E-state index in [-0.39, 0.29) is 18.0 Å². The minimum atomic E-state index is -0.226. The van der Waals surface area contributed by atoms with Crippen molar-refractivity contribution in [1.29, 1.82) is 5.26 Å². The van der Waals surface area contributed by atoms with E-state index in [1.54, 1.807) is 11.3 Å². The van der Waals surface area contributed by atoms with E-state index in [0.29, 0.717) is 5.56 Å². The van der Waals surface area contributed by atoms with Gasteiger partial charge in [0.05, 0.1) is 17.6 Å². The van der Waals surface area contributed by atoms with Gasteiger partial charge >= 0.3 is 0 Å². The third kappa shape index (κ3) is 3.49. The number of amides is 1. The zero-order valence-electron chi connectivity index (χ0n) is 16.7. The van der Waals surface area contributed by atoms with Crippen molar-refractivity contribution in [2.75, 3.05) is 11.9 Å². The molecule has 2 aromatic heterocycles. The lowest BCUT2D eigenvalue weighted by Gasteiger charge is -2.30. The molecule has 6 heteroatoms. The first-order valence-electron chi connectivity index (χ1n) is 10.3. The van der Waals surface area contributed by atoms with Gasteiger partial charge in [-0.15, -0.1) is 11.3 Å². The molecule has 2 aliphatic rings. The average Bonchev–Trinajstić information content (AvgIpc) is 3.36. The molecule has 0 saturated carbocycles. The lowest BCUT2D eigenvalue weighted by Crippen LogP contribution is -2.42. The van der Waals surface area contributed by atoms with Crippen LogP contribution in [0.5, 0.6) is 0 Å². The van der Waals surface area contributed by atoms with Gasteiger partial charge in [0, 0.05) is 23.8 Å². The molecule has 0 unspecified atom stereocenters. The highest BCUT2D eigenvalue weighted by molar-refractivity contribution is 7.16. The van der Waals surface area contributed by atoms with Crippen molar-refractivity contribution >= 4 is 22.2 Å². The normalized spacial score (nSPS) is 21.0. The van der Waals surface area contributed by atoms with Crippen LogP contribution in [0.1, 0.15) is 66.8 Å². The molecule has 1 aliphatic carbocycles. The molecular formula is C22H28N4OS. The maximum atomic E-state index is 13.1. The van der Waals surface area contributed by atoms with Gasteiger partial charge in [0.25, 0.3) is 0 Å². The van der Waals surface area contributed by atoms with Crippen molar-refractivity contribution in [1.82, 2.24) is 9.47 Å². The van der Waals surface area contributed by atoms with Crippen LogP contribution in [0.2, 0.25) is 0 Å². The SMILES string of the molecule is C[C@H](C(=O)Nc1sc2c(c1C#N)CCCCC2)N1CCC[C@@H]1c1cccn1C. The second-order valence-corrected chi connectivity index (χ2v) is 9.09. The Morgan fingerprint density at radius 1 is 1.32 bits per heavy atom. The molecule has 1 fully saturated rings. The van der Waals surface area contributed by atoms with E-state index in [0.717, 1.165) is 43.6 Å². The number of nitriles is 1. The Labute approximate surface area is 171 Å². The van der Waals surface area contributed by atoms with Gasteiger partial charge in [0.15, 0.2) is 0 Å². The third-order valence-electron chi connectivity index (χ3n) is 6.27. The van der Waals surface area contributed by atoms with Crippen LogP contribution in [0.25, 0.3) is 0 Å². The topological polar surface area (TPSA) is 61.1 Å². The van der Waals surface area contributed by atoms with Gasteiger partial charge in [-0.2, -0.15) is 5.26 Å². The minimum Gasteiger partial charge on any atom is -0.353 e. The molecule has 1 amide bonds. The average molecular weight is 397 g/mol. The van der Waals surface area contributed by atoms with Crippen LogP contribution < -0.4 is 5.32 Å². The molecule has 1 saturated heterocycles. The van der Waals surface area contributed by atoms with E-state index in [1.807, 2.05) is 6.92 Å². The van der Waals surface area contributed by atoms with Crippen LogP contribution in [0.15, 0.2) is 18.3 Å². The van der Waals surface area contributed by atoms with E-state index >= 15 is 0 Å². The van der Waals surface area contributed by atoms with E-state index in [9.17, 15) is 10.1 Å². The molecule has 148 valence electrons. The molecular weight excluding hydrogens is 368 g/mol. The molecule has 1 N–H and O–H groups in total. The van der Waals surface area contributed by atoms with Crippen LogP contribution in [-0.2, 0) is 24.7 Å². The molecule has 1 aliphatic heterocycles. The summed E-state index contributed by atoms with van der Waals surface area (Å²) < 4.78 is 2.15. The Bertz CT molecular complexity index is 906. The summed E-state index contributed by atoms with van der Waals surface area (Å²) in [5, 5.41) is 13.6. The highest BCUT2D eigenvalue weighted by atomic mass is 32.1. The maximum Gasteiger partial charge on any atom is 0.242 e. The van der Waals surface area contributed by atoms with Gasteiger partial charge in [-0.05, 0) is 69.7 Å². The number of nitrogens with one attached hydrogen (secondary N) is 1. The minimum absolute atomic E-state index is 0.00554. The summed E-state index contributed by atoms with van der Waals surface area (Å²) in [5.41, 5.74) is 3.14. The molecule has 0 radical (unpaired) electrons. The van der Waals surface area contributed by atoms with E-state index in [2.05, 4.69) is 46.2 Å². The maximum absolute atomic E-state index is 13.1. The number of anilines is 1. The second-order valence-electron chi connectivity index (χ2n) is 7.99. The van der Waals surface area contributed by atoms with Crippen molar-refractivity contribution in [2.24, 2.45) is 7.05 Å². The van der Waals surface area contributed by atoms with Crippen molar-refractivity contribution in [2.45, 2.75) is 64.0 Å². The number of hydrogen-bond acceptors (Lipinski definition) is 4. The number of nitrogens with zero attached hydrogens (tertiary/aromatic N) is 3. The van der Waals surface area contributed by atoms with Gasteiger partial charge in [0.2, 0.25) is 5.91 Å². The van der Waals surface area contributed by atoms with Gasteiger partial charge in [-0.1, -0.05) is 6.42 Å². The standard InChI is InChI=1S/C22H28N4OS/c1-15(26-13-7-10-19(26)18-9-6-12-25(18)2)21(27)24-22-17(14-23)16-8-4-3-5-11-20(16)28-22/h6,9,12,15,19H,3-5,7-8,10-11,13H2,1-2H3,(H,24,27)/t15-,19-/m1/s1. The van der Waals surface area contributed by atoms with Crippen molar-refractivity contribution in [3.8, 4) is 6.07 Å². The van der Waals surface area contributed by atoms with Gasteiger partial charge in [0.1, 0.15) is 11.1 Å². The number of fused-ring (bicyclic) bond motifs is 1. The summed E-state index contributed by atoms with van der Waals surface area (Å²) in [6, 6.07) is 6.63. The summed E-state index contributed by atoms with van der Waals surface area (Å²) >= 11 is 1.61. The van der Waals surface area contributed by atoms with Crippen LogP contribution in [0, 0.1) is 11.3 Å². The fraction of sp³-hybridized carbons (Fsp3) is 0.545. The molecule has 3 heterocycles. The predicted molar refractivity (Wildman–Crippen MR) is 112 cm³/mol. The van der Waals surface area contributed by atoms with Crippen LogP contribution in [-0.4, -0.2) is 28.0 Å². The van der Waals surface area contributed by atoms with Crippen LogP contribution in [0.4, 0.5) is 5.00 Å². The fourth-order valence-corrected chi connectivity index (χ4v) is 5.95. The number of aromatic nitrogens is 1. The van der Waals surface area contributed by atoms with Crippen LogP contribution >= 0.6 is 11.3 Å². The Morgan fingerprint density at radius 2 is 2.14 bits per heavy atom. The number of carbonyl (C=O) groups excluding carboxylic acids is 1. The molecule has 4 rings (SSSR count). The van der Waals surface area contributed by atoms with Crippen LogP contribution in [0.3, 0.4) is 0 Å². The lowest BCUT2D eigenvalue weighted by atomic mass is 10.1. The summed E-state index contributed by atoms with van der Waals surface area (Å²) in [6.45, 7) is 2.91. The van der Waals surface area contributed by atoms with Gasteiger partial charge in [-0.25, -0.2) is 0 Å². The number of likely N-dealkylation sites (tertiary alicyclic amines) is 1.